The normalized spacial score (nSPS) is 16.5. The molecule has 0 saturated carbocycles. The van der Waals surface area contributed by atoms with Crippen molar-refractivity contribution in [3.63, 3.8) is 0 Å². The first-order valence-electron chi connectivity index (χ1n) is 7.65. The predicted molar refractivity (Wildman–Crippen MR) is 87.5 cm³/mol. The molecular weight excluding hydrogens is 348 g/mol. The van der Waals surface area contributed by atoms with Crippen molar-refractivity contribution in [2.45, 2.75) is 23.8 Å². The van der Waals surface area contributed by atoms with Gasteiger partial charge in [-0.3, -0.25) is 10.1 Å². The van der Waals surface area contributed by atoms with Crippen LogP contribution >= 0.6 is 0 Å². The van der Waals surface area contributed by atoms with Gasteiger partial charge in [-0.05, 0) is 31.0 Å². The van der Waals surface area contributed by atoms with Crippen LogP contribution in [0, 0.1) is 10.1 Å². The highest BCUT2D eigenvalue weighted by Gasteiger charge is 2.30. The van der Waals surface area contributed by atoms with Gasteiger partial charge in [0.15, 0.2) is 0 Å². The van der Waals surface area contributed by atoms with Gasteiger partial charge in [-0.2, -0.15) is 4.31 Å². The van der Waals surface area contributed by atoms with Crippen molar-refractivity contribution in [1.82, 2.24) is 14.3 Å². The van der Waals surface area contributed by atoms with Gasteiger partial charge >= 0.3 is 6.01 Å². The molecule has 0 unspecified atom stereocenters. The number of hydrogen-bond acceptors (Lipinski definition) is 7. The lowest BCUT2D eigenvalue weighted by molar-refractivity contribution is -0.384. The number of rotatable bonds is 5. The third kappa shape index (κ3) is 3.91. The number of aromatic nitrogens is 2. The van der Waals surface area contributed by atoms with Crippen LogP contribution < -0.4 is 4.74 Å². The molecule has 0 N–H and O–H groups in total. The molecule has 1 aromatic heterocycles. The highest BCUT2D eigenvalue weighted by molar-refractivity contribution is 7.89. The molecule has 0 spiro atoms. The second kappa shape index (κ2) is 7.11. The molecule has 0 bridgehead atoms. The lowest BCUT2D eigenvalue weighted by Gasteiger charge is -2.30. The Kier molecular flexibility index (Phi) is 4.91. The number of hydrogen-bond donors (Lipinski definition) is 0. The molecule has 1 fully saturated rings. The molecule has 1 aromatic carbocycles. The Morgan fingerprint density at radius 2 is 1.72 bits per heavy atom. The Labute approximate surface area is 144 Å². The topological polar surface area (TPSA) is 116 Å². The van der Waals surface area contributed by atoms with Crippen LogP contribution in [-0.4, -0.2) is 46.8 Å². The van der Waals surface area contributed by atoms with Gasteiger partial charge in [0, 0.05) is 37.6 Å². The maximum absolute atomic E-state index is 12.6. The fraction of sp³-hybridized carbons (Fsp3) is 0.333. The lowest BCUT2D eigenvalue weighted by Crippen LogP contribution is -2.41. The zero-order valence-electron chi connectivity index (χ0n) is 13.2. The van der Waals surface area contributed by atoms with E-state index in [0.717, 1.165) is 0 Å². The van der Waals surface area contributed by atoms with Gasteiger partial charge in [0.2, 0.25) is 10.0 Å². The zero-order chi connectivity index (χ0) is 17.9. The average molecular weight is 364 g/mol. The third-order valence-corrected chi connectivity index (χ3v) is 5.81. The molecule has 0 atom stereocenters. The predicted octanol–water partition coefficient (Wildman–Crippen LogP) is 1.62. The van der Waals surface area contributed by atoms with Crippen LogP contribution in [0.2, 0.25) is 0 Å². The Bertz CT molecular complexity index is 834. The molecule has 1 aliphatic rings. The zero-order valence-corrected chi connectivity index (χ0v) is 14.0. The average Bonchev–Trinajstić information content (AvgIpc) is 2.63. The van der Waals surface area contributed by atoms with Gasteiger partial charge < -0.3 is 4.74 Å². The first-order valence-corrected chi connectivity index (χ1v) is 9.09. The highest BCUT2D eigenvalue weighted by Crippen LogP contribution is 2.24. The number of sulfonamides is 1. The maximum Gasteiger partial charge on any atom is 0.316 e. The monoisotopic (exact) mass is 364 g/mol. The number of piperidine rings is 1. The summed E-state index contributed by atoms with van der Waals surface area (Å²) in [7, 11) is -3.68. The van der Waals surface area contributed by atoms with Crippen molar-refractivity contribution < 1.29 is 18.1 Å². The standard InChI is InChI=1S/C15H16N4O5S/c20-19(21)12-2-4-14(5-3-12)25(22,23)18-10-6-13(7-11-18)24-15-16-8-1-9-17-15/h1-5,8-9,13H,6-7,10-11H2. The molecule has 0 radical (unpaired) electrons. The second-order valence-electron chi connectivity index (χ2n) is 5.50. The van der Waals surface area contributed by atoms with E-state index in [1.54, 1.807) is 18.5 Å². The van der Waals surface area contributed by atoms with E-state index >= 15 is 0 Å². The number of ether oxygens (including phenoxy) is 1. The summed E-state index contributed by atoms with van der Waals surface area (Å²) in [6.07, 6.45) is 4.05. The van der Waals surface area contributed by atoms with E-state index in [1.165, 1.54) is 28.6 Å². The van der Waals surface area contributed by atoms with E-state index in [1.807, 2.05) is 0 Å². The van der Waals surface area contributed by atoms with E-state index in [4.69, 9.17) is 4.74 Å². The summed E-state index contributed by atoms with van der Waals surface area (Å²) < 4.78 is 32.3. The van der Waals surface area contributed by atoms with Gasteiger partial charge in [0.25, 0.3) is 5.69 Å². The van der Waals surface area contributed by atoms with E-state index < -0.39 is 14.9 Å². The summed E-state index contributed by atoms with van der Waals surface area (Å²) in [5.41, 5.74) is -0.145. The van der Waals surface area contributed by atoms with Gasteiger partial charge in [-0.15, -0.1) is 0 Å². The van der Waals surface area contributed by atoms with Crippen molar-refractivity contribution in [2.24, 2.45) is 0 Å². The van der Waals surface area contributed by atoms with Crippen LogP contribution in [0.4, 0.5) is 5.69 Å². The van der Waals surface area contributed by atoms with Crippen LogP contribution in [0.1, 0.15) is 12.8 Å². The quantitative estimate of drug-likeness (QED) is 0.584. The molecule has 10 heteroatoms. The molecule has 25 heavy (non-hydrogen) atoms. The van der Waals surface area contributed by atoms with Crippen LogP contribution in [0.15, 0.2) is 47.6 Å². The van der Waals surface area contributed by atoms with Gasteiger partial charge in [-0.25, -0.2) is 18.4 Å². The van der Waals surface area contributed by atoms with Crippen molar-refractivity contribution in [2.75, 3.05) is 13.1 Å². The number of nitro benzene ring substituents is 1. The largest absolute Gasteiger partial charge is 0.460 e. The Hall–Kier alpha value is -2.59. The van der Waals surface area contributed by atoms with E-state index in [2.05, 4.69) is 9.97 Å². The summed E-state index contributed by atoms with van der Waals surface area (Å²) in [4.78, 5) is 18.1. The third-order valence-electron chi connectivity index (χ3n) is 3.90. The van der Waals surface area contributed by atoms with Crippen LogP contribution in [0.25, 0.3) is 0 Å². The minimum Gasteiger partial charge on any atom is -0.460 e. The number of benzene rings is 1. The van der Waals surface area contributed by atoms with Gasteiger partial charge in [0.1, 0.15) is 6.10 Å². The fourth-order valence-electron chi connectivity index (χ4n) is 2.57. The SMILES string of the molecule is O=[N+]([O-])c1ccc(S(=O)(=O)N2CCC(Oc3ncccn3)CC2)cc1. The van der Waals surface area contributed by atoms with E-state index in [9.17, 15) is 18.5 Å². The molecule has 1 aliphatic heterocycles. The summed E-state index contributed by atoms with van der Waals surface area (Å²) in [5, 5.41) is 10.7. The molecule has 1 saturated heterocycles. The van der Waals surface area contributed by atoms with E-state index in [0.29, 0.717) is 25.9 Å². The fourth-order valence-corrected chi connectivity index (χ4v) is 4.04. The molecular formula is C15H16N4O5S. The van der Waals surface area contributed by atoms with Gasteiger partial charge in [-0.1, -0.05) is 0 Å². The van der Waals surface area contributed by atoms with Crippen molar-refractivity contribution in [3.8, 4) is 6.01 Å². The summed E-state index contributed by atoms with van der Waals surface area (Å²) in [5.74, 6) is 0. The maximum atomic E-state index is 12.6. The summed E-state index contributed by atoms with van der Waals surface area (Å²) in [6, 6.07) is 6.86. The summed E-state index contributed by atoms with van der Waals surface area (Å²) >= 11 is 0. The highest BCUT2D eigenvalue weighted by atomic mass is 32.2. The number of non-ortho nitro benzene ring substituents is 1. The molecule has 132 valence electrons. The minimum absolute atomic E-state index is 0.0452. The first-order chi connectivity index (χ1) is 12.0. The molecule has 0 aliphatic carbocycles. The molecule has 9 nitrogen and oxygen atoms in total. The van der Waals surface area contributed by atoms with Crippen molar-refractivity contribution >= 4 is 15.7 Å². The minimum atomic E-state index is -3.68. The Morgan fingerprint density at radius 3 is 2.28 bits per heavy atom. The van der Waals surface area contributed by atoms with Crippen LogP contribution in [-0.2, 0) is 10.0 Å². The molecule has 2 aromatic rings. The van der Waals surface area contributed by atoms with Crippen molar-refractivity contribution in [1.29, 1.82) is 0 Å². The molecule has 2 heterocycles. The molecule has 3 rings (SSSR count). The van der Waals surface area contributed by atoms with E-state index in [-0.39, 0.29) is 22.7 Å². The van der Waals surface area contributed by atoms with Crippen LogP contribution in [0.5, 0.6) is 6.01 Å². The number of nitro groups is 1. The molecule has 0 amide bonds. The Morgan fingerprint density at radius 1 is 1.12 bits per heavy atom. The Balaban J connectivity index is 1.64. The van der Waals surface area contributed by atoms with Gasteiger partial charge in [0.05, 0.1) is 9.82 Å². The lowest BCUT2D eigenvalue weighted by atomic mass is 10.1. The van der Waals surface area contributed by atoms with Crippen LogP contribution in [0.3, 0.4) is 0 Å². The number of nitrogens with zero attached hydrogens (tertiary/aromatic N) is 4. The summed E-state index contributed by atoms with van der Waals surface area (Å²) in [6.45, 7) is 0.605. The first kappa shape index (κ1) is 17.2. The van der Waals surface area contributed by atoms with Crippen molar-refractivity contribution in [3.05, 3.63) is 52.8 Å². The smallest absolute Gasteiger partial charge is 0.316 e. The second-order valence-corrected chi connectivity index (χ2v) is 7.44.